The average Bonchev–Trinajstić information content (AvgIpc) is 2.39. The Labute approximate surface area is 107 Å². The first kappa shape index (κ1) is 13.2. The molecule has 2 rings (SSSR count). The Morgan fingerprint density at radius 2 is 2.00 bits per heavy atom. The third kappa shape index (κ3) is 2.61. The van der Waals surface area contributed by atoms with E-state index in [1.807, 2.05) is 13.8 Å². The number of Topliss-reactive ketones (excluding diaryl/α,β-unsaturated/α-hetero) is 1. The summed E-state index contributed by atoms with van der Waals surface area (Å²) in [6.45, 7) is 5.07. The molecule has 1 aromatic rings. The third-order valence-electron chi connectivity index (χ3n) is 3.71. The van der Waals surface area contributed by atoms with Gasteiger partial charge in [-0.3, -0.25) is 4.79 Å². The predicted molar refractivity (Wildman–Crippen MR) is 68.0 cm³/mol. The Morgan fingerprint density at radius 1 is 1.33 bits per heavy atom. The van der Waals surface area contributed by atoms with E-state index in [9.17, 15) is 9.18 Å². The summed E-state index contributed by atoms with van der Waals surface area (Å²) >= 11 is 0. The summed E-state index contributed by atoms with van der Waals surface area (Å²) in [7, 11) is 0. The van der Waals surface area contributed by atoms with Crippen molar-refractivity contribution in [1.82, 2.24) is 0 Å². The summed E-state index contributed by atoms with van der Waals surface area (Å²) in [6, 6.07) is 6.19. The first-order chi connectivity index (χ1) is 8.51. The monoisotopic (exact) mass is 250 g/mol. The zero-order valence-electron chi connectivity index (χ0n) is 10.9. The van der Waals surface area contributed by atoms with Crippen molar-refractivity contribution in [2.24, 2.45) is 5.92 Å². The molecule has 1 aliphatic heterocycles. The van der Waals surface area contributed by atoms with Gasteiger partial charge in [0.25, 0.3) is 0 Å². The van der Waals surface area contributed by atoms with Crippen LogP contribution in [0.3, 0.4) is 0 Å². The lowest BCUT2D eigenvalue weighted by Gasteiger charge is -2.30. The fourth-order valence-corrected chi connectivity index (χ4v) is 2.47. The molecule has 0 amide bonds. The van der Waals surface area contributed by atoms with E-state index in [1.54, 1.807) is 12.1 Å². The minimum Gasteiger partial charge on any atom is -0.381 e. The lowest BCUT2D eigenvalue weighted by Crippen LogP contribution is -2.38. The molecule has 0 radical (unpaired) electrons. The molecule has 1 atom stereocenters. The molecular formula is C15H19FO2. The van der Waals surface area contributed by atoms with E-state index in [0.29, 0.717) is 6.61 Å². The number of ketones is 1. The molecule has 0 spiro atoms. The van der Waals surface area contributed by atoms with Crippen LogP contribution in [0.5, 0.6) is 0 Å². The molecule has 0 aliphatic carbocycles. The van der Waals surface area contributed by atoms with Crippen molar-refractivity contribution >= 4 is 5.78 Å². The number of hydrogen-bond acceptors (Lipinski definition) is 2. The normalized spacial score (nSPS) is 20.7. The summed E-state index contributed by atoms with van der Waals surface area (Å²) in [5, 5.41) is 0. The van der Waals surface area contributed by atoms with E-state index in [1.165, 1.54) is 12.1 Å². The third-order valence-corrected chi connectivity index (χ3v) is 3.71. The molecule has 1 saturated heterocycles. The van der Waals surface area contributed by atoms with Crippen LogP contribution < -0.4 is 0 Å². The molecule has 1 aliphatic rings. The van der Waals surface area contributed by atoms with Crippen LogP contribution in [0.25, 0.3) is 0 Å². The van der Waals surface area contributed by atoms with Gasteiger partial charge in [0.2, 0.25) is 0 Å². The molecule has 98 valence electrons. The summed E-state index contributed by atoms with van der Waals surface area (Å²) in [6.07, 6.45) is 1.83. The number of rotatable bonds is 3. The predicted octanol–water partition coefficient (Wildman–Crippen LogP) is 3.10. The molecule has 0 N–H and O–H groups in total. The van der Waals surface area contributed by atoms with E-state index in [2.05, 4.69) is 0 Å². The van der Waals surface area contributed by atoms with Gasteiger partial charge in [-0.1, -0.05) is 12.1 Å². The second-order valence-electron chi connectivity index (χ2n) is 5.41. The van der Waals surface area contributed by atoms with Gasteiger partial charge in [0.15, 0.2) is 0 Å². The SMILES string of the molecule is CC(C)(C(=O)C1CCCOC1)c1ccc(F)cc1. The van der Waals surface area contributed by atoms with Crippen LogP contribution in [0.15, 0.2) is 24.3 Å². The zero-order chi connectivity index (χ0) is 13.2. The highest BCUT2D eigenvalue weighted by molar-refractivity contribution is 5.91. The van der Waals surface area contributed by atoms with Crippen LogP contribution in [-0.2, 0) is 14.9 Å². The van der Waals surface area contributed by atoms with E-state index in [0.717, 1.165) is 25.0 Å². The molecule has 1 fully saturated rings. The minimum atomic E-state index is -0.584. The smallest absolute Gasteiger partial charge is 0.148 e. The Bertz CT molecular complexity index is 417. The number of benzene rings is 1. The largest absolute Gasteiger partial charge is 0.381 e. The maximum atomic E-state index is 12.9. The van der Waals surface area contributed by atoms with Gasteiger partial charge in [-0.25, -0.2) is 4.39 Å². The maximum Gasteiger partial charge on any atom is 0.148 e. The molecule has 1 aromatic carbocycles. The fourth-order valence-electron chi connectivity index (χ4n) is 2.47. The summed E-state index contributed by atoms with van der Waals surface area (Å²) < 4.78 is 18.3. The highest BCUT2D eigenvalue weighted by Gasteiger charge is 2.35. The van der Waals surface area contributed by atoms with Gasteiger partial charge < -0.3 is 4.74 Å². The van der Waals surface area contributed by atoms with Crippen LogP contribution >= 0.6 is 0 Å². The lowest BCUT2D eigenvalue weighted by molar-refractivity contribution is -0.131. The van der Waals surface area contributed by atoms with E-state index < -0.39 is 5.41 Å². The standard InChI is InChI=1S/C15H19FO2/c1-15(2,12-5-7-13(16)8-6-12)14(17)11-4-3-9-18-10-11/h5-8,11H,3-4,9-10H2,1-2H3. The van der Waals surface area contributed by atoms with Crippen molar-refractivity contribution in [1.29, 1.82) is 0 Å². The van der Waals surface area contributed by atoms with Crippen molar-refractivity contribution in [3.05, 3.63) is 35.6 Å². The van der Waals surface area contributed by atoms with Crippen LogP contribution in [0.4, 0.5) is 4.39 Å². The molecule has 1 heterocycles. The lowest BCUT2D eigenvalue weighted by atomic mass is 9.74. The molecule has 0 bridgehead atoms. The van der Waals surface area contributed by atoms with Crippen molar-refractivity contribution in [3.63, 3.8) is 0 Å². The highest BCUT2D eigenvalue weighted by atomic mass is 19.1. The van der Waals surface area contributed by atoms with Gasteiger partial charge in [-0.2, -0.15) is 0 Å². The number of ether oxygens (including phenoxy) is 1. The maximum absolute atomic E-state index is 12.9. The number of hydrogen-bond donors (Lipinski definition) is 0. The Morgan fingerprint density at radius 3 is 2.56 bits per heavy atom. The van der Waals surface area contributed by atoms with Gasteiger partial charge in [-0.05, 0) is 44.4 Å². The Hall–Kier alpha value is -1.22. The molecular weight excluding hydrogens is 231 g/mol. The quantitative estimate of drug-likeness (QED) is 0.824. The molecule has 2 nitrogen and oxygen atoms in total. The highest BCUT2D eigenvalue weighted by Crippen LogP contribution is 2.30. The van der Waals surface area contributed by atoms with Gasteiger partial charge in [-0.15, -0.1) is 0 Å². The second kappa shape index (κ2) is 5.19. The number of halogens is 1. The minimum absolute atomic E-state index is 0.0289. The number of carbonyl (C=O) groups excluding carboxylic acids is 1. The van der Waals surface area contributed by atoms with E-state index in [-0.39, 0.29) is 17.5 Å². The first-order valence-electron chi connectivity index (χ1n) is 6.40. The Kier molecular flexibility index (Phi) is 3.81. The van der Waals surface area contributed by atoms with E-state index >= 15 is 0 Å². The van der Waals surface area contributed by atoms with Crippen molar-refractivity contribution in [3.8, 4) is 0 Å². The van der Waals surface area contributed by atoms with Crippen LogP contribution in [0.2, 0.25) is 0 Å². The van der Waals surface area contributed by atoms with Crippen molar-refractivity contribution < 1.29 is 13.9 Å². The van der Waals surface area contributed by atoms with Gasteiger partial charge in [0.1, 0.15) is 11.6 Å². The molecule has 0 saturated carbocycles. The number of carbonyl (C=O) groups is 1. The van der Waals surface area contributed by atoms with Crippen molar-refractivity contribution in [2.75, 3.05) is 13.2 Å². The zero-order valence-corrected chi connectivity index (χ0v) is 10.9. The van der Waals surface area contributed by atoms with Crippen LogP contribution in [0, 0.1) is 11.7 Å². The van der Waals surface area contributed by atoms with Gasteiger partial charge in [0.05, 0.1) is 6.61 Å². The Balaban J connectivity index is 2.18. The molecule has 0 aromatic heterocycles. The van der Waals surface area contributed by atoms with Gasteiger partial charge >= 0.3 is 0 Å². The topological polar surface area (TPSA) is 26.3 Å². The second-order valence-corrected chi connectivity index (χ2v) is 5.41. The molecule has 1 unspecified atom stereocenters. The summed E-state index contributed by atoms with van der Waals surface area (Å²) in [5.74, 6) is -0.115. The average molecular weight is 250 g/mol. The van der Waals surface area contributed by atoms with Crippen LogP contribution in [0.1, 0.15) is 32.3 Å². The van der Waals surface area contributed by atoms with Crippen molar-refractivity contribution in [2.45, 2.75) is 32.1 Å². The van der Waals surface area contributed by atoms with E-state index in [4.69, 9.17) is 4.74 Å². The summed E-state index contributed by atoms with van der Waals surface area (Å²) in [5.41, 5.74) is 0.276. The molecule has 18 heavy (non-hydrogen) atoms. The first-order valence-corrected chi connectivity index (χ1v) is 6.40. The fraction of sp³-hybridized carbons (Fsp3) is 0.533. The summed E-state index contributed by atoms with van der Waals surface area (Å²) in [4.78, 5) is 12.5. The van der Waals surface area contributed by atoms with Gasteiger partial charge in [0, 0.05) is 17.9 Å². The van der Waals surface area contributed by atoms with Crippen LogP contribution in [-0.4, -0.2) is 19.0 Å². The molecule has 3 heteroatoms.